The minimum Gasteiger partial charge on any atom is -0.489 e. The van der Waals surface area contributed by atoms with Crippen LogP contribution in [-0.4, -0.2) is 27.5 Å². The van der Waals surface area contributed by atoms with E-state index in [4.69, 9.17) is 21.4 Å². The highest BCUT2D eigenvalue weighted by Gasteiger charge is 2.20. The van der Waals surface area contributed by atoms with Gasteiger partial charge in [0.05, 0.1) is 18.0 Å². The van der Waals surface area contributed by atoms with Crippen molar-refractivity contribution in [2.24, 2.45) is 0 Å². The Morgan fingerprint density at radius 1 is 1.27 bits per heavy atom. The monoisotopic (exact) mass is 480 g/mol. The van der Waals surface area contributed by atoms with E-state index in [0.29, 0.717) is 11.1 Å². The quantitative estimate of drug-likeness (QED) is 0.430. The van der Waals surface area contributed by atoms with Crippen LogP contribution in [0.2, 0.25) is 4.47 Å². The molecule has 4 rings (SSSR count). The summed E-state index contributed by atoms with van der Waals surface area (Å²) in [5.41, 5.74) is 4.38. The number of ether oxygens (including phenoxy) is 1. The number of carboxylic acid groups (broad SMARTS) is 1. The third-order valence-electron chi connectivity index (χ3n) is 5.57. The molecule has 0 saturated heterocycles. The van der Waals surface area contributed by atoms with Crippen LogP contribution in [0.25, 0.3) is 0 Å². The average molecular weight is 481 g/mol. The molecule has 1 aromatic heterocycles. The molecule has 0 fully saturated rings. The number of carboxylic acids is 1. The molecule has 1 aliphatic heterocycles. The van der Waals surface area contributed by atoms with Crippen LogP contribution in [-0.2, 0) is 30.9 Å². The number of hydrogen-bond acceptors (Lipinski definition) is 5. The minimum atomic E-state index is -0.858. The molecule has 0 bridgehead atoms. The predicted molar refractivity (Wildman–Crippen MR) is 131 cm³/mol. The summed E-state index contributed by atoms with van der Waals surface area (Å²) < 4.78 is 6.60. The number of aromatic nitrogens is 1. The Balaban J connectivity index is 1.34. The van der Waals surface area contributed by atoms with Crippen LogP contribution in [0.15, 0.2) is 48.5 Å². The second kappa shape index (κ2) is 10.8. The van der Waals surface area contributed by atoms with E-state index in [-0.39, 0.29) is 12.3 Å². The van der Waals surface area contributed by atoms with E-state index < -0.39 is 5.97 Å². The maximum atomic E-state index is 11.1. The molecule has 0 radical (unpaired) electrons. The molecule has 2 heterocycles. The maximum Gasteiger partial charge on any atom is 0.304 e. The van der Waals surface area contributed by atoms with Crippen molar-refractivity contribution in [1.29, 1.82) is 0 Å². The predicted octanol–water partition coefficient (Wildman–Crippen LogP) is 5.52. The van der Waals surface area contributed by atoms with E-state index in [9.17, 15) is 4.79 Å². The van der Waals surface area contributed by atoms with Crippen molar-refractivity contribution in [1.82, 2.24) is 9.88 Å². The number of nitrogens with zero attached hydrogens (tertiary/aromatic N) is 2. The van der Waals surface area contributed by atoms with Crippen LogP contribution in [0.3, 0.4) is 0 Å². The molecule has 170 valence electrons. The third-order valence-corrected chi connectivity index (χ3v) is 6.75. The maximum absolute atomic E-state index is 11.1. The van der Waals surface area contributed by atoms with E-state index in [0.717, 1.165) is 48.6 Å². The smallest absolute Gasteiger partial charge is 0.304 e. The van der Waals surface area contributed by atoms with Crippen molar-refractivity contribution in [3.63, 3.8) is 0 Å². The Hall–Kier alpha value is -2.85. The van der Waals surface area contributed by atoms with Crippen molar-refractivity contribution < 1.29 is 14.6 Å². The van der Waals surface area contributed by atoms with Gasteiger partial charge in [0.25, 0.3) is 0 Å². The molecule has 1 N–H and O–H groups in total. The SMILES string of the molecule is CC#CC(CC(=O)O)c1ccc(OCc2cccc(CN3CCc4nc(Cl)sc4C3)c2)cc1. The zero-order valence-corrected chi connectivity index (χ0v) is 20.0. The molecular formula is C26H25ClN2O3S. The van der Waals surface area contributed by atoms with Gasteiger partial charge in [0.1, 0.15) is 12.4 Å². The average Bonchev–Trinajstić information content (AvgIpc) is 3.17. The number of thiazole rings is 1. The van der Waals surface area contributed by atoms with Gasteiger partial charge in [-0.3, -0.25) is 9.69 Å². The summed E-state index contributed by atoms with van der Waals surface area (Å²) in [6.45, 7) is 4.93. The standard InChI is InChI=1S/C26H25ClN2O3S/c1-2-4-21(14-25(30)31)20-7-9-22(10-8-20)32-17-19-6-3-5-18(13-19)15-29-12-11-23-24(16-29)33-26(27)28-23/h3,5-10,13,21H,11-12,14-17H2,1H3,(H,30,31). The van der Waals surface area contributed by atoms with Gasteiger partial charge in [0.15, 0.2) is 4.47 Å². The van der Waals surface area contributed by atoms with Crippen LogP contribution < -0.4 is 4.74 Å². The Bertz CT molecular complexity index is 1180. The number of hydrogen-bond donors (Lipinski definition) is 1. The van der Waals surface area contributed by atoms with Crippen LogP contribution in [0.1, 0.15) is 46.5 Å². The summed E-state index contributed by atoms with van der Waals surface area (Å²) in [6, 6.07) is 16.0. The summed E-state index contributed by atoms with van der Waals surface area (Å²) in [6.07, 6.45) is 0.927. The molecule has 0 amide bonds. The largest absolute Gasteiger partial charge is 0.489 e. The highest BCUT2D eigenvalue weighted by Crippen LogP contribution is 2.29. The lowest BCUT2D eigenvalue weighted by molar-refractivity contribution is -0.137. The summed E-state index contributed by atoms with van der Waals surface area (Å²) in [4.78, 5) is 19.2. The minimum absolute atomic E-state index is 0.0117. The van der Waals surface area contributed by atoms with Gasteiger partial charge in [-0.15, -0.1) is 17.3 Å². The zero-order chi connectivity index (χ0) is 23.2. The molecule has 0 aliphatic carbocycles. The molecular weight excluding hydrogens is 456 g/mol. The first-order chi connectivity index (χ1) is 16.0. The van der Waals surface area contributed by atoms with Crippen LogP contribution in [0, 0.1) is 11.8 Å². The van der Waals surface area contributed by atoms with Gasteiger partial charge >= 0.3 is 5.97 Å². The number of halogens is 1. The fourth-order valence-electron chi connectivity index (χ4n) is 3.99. The first kappa shape index (κ1) is 23.3. The number of rotatable bonds is 8. The fraction of sp³-hybridized carbons (Fsp3) is 0.308. The van der Waals surface area contributed by atoms with Gasteiger partial charge in [-0.05, 0) is 35.7 Å². The number of aliphatic carboxylic acids is 1. The molecule has 33 heavy (non-hydrogen) atoms. The molecule has 1 atom stereocenters. The van der Waals surface area contributed by atoms with Crippen molar-refractivity contribution in [3.8, 4) is 17.6 Å². The van der Waals surface area contributed by atoms with E-state index in [1.807, 2.05) is 24.3 Å². The third kappa shape index (κ3) is 6.35. The Morgan fingerprint density at radius 3 is 2.82 bits per heavy atom. The highest BCUT2D eigenvalue weighted by atomic mass is 35.5. The molecule has 7 heteroatoms. The zero-order valence-electron chi connectivity index (χ0n) is 18.4. The normalized spacial score (nSPS) is 14.1. The van der Waals surface area contributed by atoms with Gasteiger partial charge in [0.2, 0.25) is 0 Å². The van der Waals surface area contributed by atoms with Crippen molar-refractivity contribution >= 4 is 28.9 Å². The Labute approximate surface area is 203 Å². The van der Waals surface area contributed by atoms with Gasteiger partial charge in [-0.1, -0.05) is 53.9 Å². The van der Waals surface area contributed by atoms with Crippen molar-refractivity contribution in [3.05, 3.63) is 80.3 Å². The molecule has 1 unspecified atom stereocenters. The molecule has 1 aliphatic rings. The Morgan fingerprint density at radius 2 is 2.06 bits per heavy atom. The Kier molecular flexibility index (Phi) is 7.66. The summed E-state index contributed by atoms with van der Waals surface area (Å²) >= 11 is 7.65. The first-order valence-corrected chi connectivity index (χ1v) is 12.0. The first-order valence-electron chi connectivity index (χ1n) is 10.8. The van der Waals surface area contributed by atoms with Gasteiger partial charge in [-0.25, -0.2) is 4.98 Å². The van der Waals surface area contributed by atoms with E-state index in [1.54, 1.807) is 18.3 Å². The fourth-order valence-corrected chi connectivity index (χ4v) is 5.25. The lowest BCUT2D eigenvalue weighted by Crippen LogP contribution is -2.29. The van der Waals surface area contributed by atoms with Crippen molar-refractivity contribution in [2.45, 2.75) is 45.4 Å². The highest BCUT2D eigenvalue weighted by molar-refractivity contribution is 7.15. The van der Waals surface area contributed by atoms with Crippen molar-refractivity contribution in [2.75, 3.05) is 6.54 Å². The topological polar surface area (TPSA) is 62.7 Å². The van der Waals surface area contributed by atoms with Gasteiger partial charge in [0, 0.05) is 30.9 Å². The molecule has 0 spiro atoms. The summed E-state index contributed by atoms with van der Waals surface area (Å²) in [5, 5.41) is 9.10. The van der Waals surface area contributed by atoms with E-state index in [1.165, 1.54) is 10.4 Å². The van der Waals surface area contributed by atoms with Gasteiger partial charge < -0.3 is 9.84 Å². The second-order valence-electron chi connectivity index (χ2n) is 8.02. The second-order valence-corrected chi connectivity index (χ2v) is 9.69. The van der Waals surface area contributed by atoms with Gasteiger partial charge in [-0.2, -0.15) is 0 Å². The van der Waals surface area contributed by atoms with Crippen LogP contribution >= 0.6 is 22.9 Å². The summed E-state index contributed by atoms with van der Waals surface area (Å²) in [5.74, 6) is 5.36. The summed E-state index contributed by atoms with van der Waals surface area (Å²) in [7, 11) is 0. The van der Waals surface area contributed by atoms with Crippen LogP contribution in [0.4, 0.5) is 0 Å². The molecule has 2 aromatic carbocycles. The molecule has 3 aromatic rings. The number of fused-ring (bicyclic) bond motifs is 1. The molecule has 5 nitrogen and oxygen atoms in total. The lowest BCUT2D eigenvalue weighted by Gasteiger charge is -2.26. The number of carbonyl (C=O) groups is 1. The molecule has 0 saturated carbocycles. The lowest BCUT2D eigenvalue weighted by atomic mass is 9.96. The number of benzene rings is 2. The van der Waals surface area contributed by atoms with Crippen LogP contribution in [0.5, 0.6) is 5.75 Å². The van der Waals surface area contributed by atoms with E-state index >= 15 is 0 Å². The van der Waals surface area contributed by atoms with E-state index in [2.05, 4.69) is 46.0 Å².